The molecule has 3 saturated heterocycles. The van der Waals surface area contributed by atoms with Crippen LogP contribution in [0.4, 0.5) is 9.59 Å². The van der Waals surface area contributed by atoms with Crippen molar-refractivity contribution in [3.05, 3.63) is 85.1 Å². The van der Waals surface area contributed by atoms with E-state index < -0.39 is 192 Å². The Labute approximate surface area is 534 Å². The Kier molecular flexibility index (Phi) is 34.3. The standard InChI is InChI=1S/C63H105N3O24Si/c1-37-22-19-17-15-13-11-9-10-12-14-16-18-20-23-44(88-60-56(78)52(54(76)40(4)87-60)66-62(82)85-28-29-91(6,7)8)33-48-51(65-61(81)64-26-21-27-84-59-58(80)57(79)55(77)49(36-67)89-59)47(73)35-63(83-5,90-48)34-43(70)31-46(72)45(71)25-24-41(68)30-42(69)32-50(74)86-39(3)38(2)53(37)75/h9-20,22-23,37-49,51-60,67-73,75-80H,21,24-36H2,1-8H3,(H,66,82)(H2,64,65,81)/b10-9+,13-11+,14-12+,17-15+,18-16+,22-19+,23-20+/t37-,38-,39-,40+,41+,42+,43-,44-,45+,46+,47-,48-,49+,51+,52-,53+,54+,55+,56-,57-,58-,59-,60-,63+/m0/s1. The van der Waals surface area contributed by atoms with Crippen molar-refractivity contribution in [3.63, 3.8) is 0 Å². The molecule has 4 heterocycles. The number of hydrogen-bond acceptors (Lipinski definition) is 24. The fraction of sp³-hybridized carbons (Fsp3) is 0.730. The van der Waals surface area contributed by atoms with E-state index in [4.69, 9.17) is 37.9 Å². The Morgan fingerprint density at radius 1 is 0.626 bits per heavy atom. The molecule has 0 unspecified atom stereocenters. The summed E-state index contributed by atoms with van der Waals surface area (Å²) in [6.07, 6.45) is -4.82. The summed E-state index contributed by atoms with van der Waals surface area (Å²) < 4.78 is 47.0. The zero-order chi connectivity index (χ0) is 67.6. The summed E-state index contributed by atoms with van der Waals surface area (Å²) in [5.74, 6) is -3.40. The topological polar surface area (TPSA) is 424 Å². The van der Waals surface area contributed by atoms with Crippen molar-refractivity contribution in [2.24, 2.45) is 11.8 Å². The van der Waals surface area contributed by atoms with Gasteiger partial charge in [0.25, 0.3) is 0 Å². The van der Waals surface area contributed by atoms with Gasteiger partial charge in [0.2, 0.25) is 0 Å². The van der Waals surface area contributed by atoms with Crippen LogP contribution in [0.2, 0.25) is 25.7 Å². The van der Waals surface area contributed by atoms with Crippen LogP contribution in [0, 0.1) is 11.8 Å². The number of carbonyl (C=O) groups excluding carboxylic acids is 3. The number of aliphatic hydroxyl groups excluding tert-OH is 13. The molecule has 4 aliphatic rings. The van der Waals surface area contributed by atoms with Crippen LogP contribution in [0.5, 0.6) is 0 Å². The van der Waals surface area contributed by atoms with Crippen LogP contribution < -0.4 is 16.0 Å². The van der Waals surface area contributed by atoms with Gasteiger partial charge < -0.3 is 120 Å². The van der Waals surface area contributed by atoms with Gasteiger partial charge in [0.1, 0.15) is 42.7 Å². The third-order valence-corrected chi connectivity index (χ3v) is 18.1. The highest BCUT2D eigenvalue weighted by atomic mass is 28.3. The van der Waals surface area contributed by atoms with Crippen molar-refractivity contribution in [2.45, 2.75) is 245 Å². The van der Waals surface area contributed by atoms with E-state index in [9.17, 15) is 80.8 Å². The van der Waals surface area contributed by atoms with Crippen molar-refractivity contribution in [3.8, 4) is 0 Å². The van der Waals surface area contributed by atoms with Crippen molar-refractivity contribution in [2.75, 3.05) is 33.5 Å². The van der Waals surface area contributed by atoms with Crippen molar-refractivity contribution in [1.29, 1.82) is 0 Å². The van der Waals surface area contributed by atoms with E-state index in [1.165, 1.54) is 14.0 Å². The van der Waals surface area contributed by atoms with E-state index in [1.807, 2.05) is 13.0 Å². The fourth-order valence-corrected chi connectivity index (χ4v) is 11.4. The zero-order valence-corrected chi connectivity index (χ0v) is 54.6. The molecule has 0 aromatic rings. The minimum Gasteiger partial charge on any atom is -0.462 e. The van der Waals surface area contributed by atoms with Gasteiger partial charge >= 0.3 is 18.1 Å². The summed E-state index contributed by atoms with van der Waals surface area (Å²) >= 11 is 0. The summed E-state index contributed by atoms with van der Waals surface area (Å²) in [4.78, 5) is 39.6. The van der Waals surface area contributed by atoms with E-state index >= 15 is 0 Å². The number of methoxy groups -OCH3 is 1. The van der Waals surface area contributed by atoms with Gasteiger partial charge in [-0.25, -0.2) is 9.59 Å². The second-order valence-corrected chi connectivity index (χ2v) is 30.9. The van der Waals surface area contributed by atoms with Gasteiger partial charge in [-0.05, 0) is 45.6 Å². The van der Waals surface area contributed by atoms with Crippen LogP contribution in [0.3, 0.4) is 0 Å². The molecule has 0 saturated carbocycles. The van der Waals surface area contributed by atoms with Gasteiger partial charge in [0.05, 0.1) is 99.4 Å². The molecule has 3 fully saturated rings. The number of esters is 1. The molecule has 28 heteroatoms. The Morgan fingerprint density at radius 3 is 1.87 bits per heavy atom. The Morgan fingerprint density at radius 2 is 1.25 bits per heavy atom. The molecule has 0 radical (unpaired) electrons. The molecule has 4 aliphatic heterocycles. The first-order valence-electron chi connectivity index (χ1n) is 31.4. The lowest BCUT2D eigenvalue weighted by atomic mass is 9.86. The summed E-state index contributed by atoms with van der Waals surface area (Å²) in [5, 5.41) is 150. The van der Waals surface area contributed by atoms with Gasteiger partial charge in [0, 0.05) is 59.2 Å². The Hall–Kier alpha value is -4.35. The Bertz CT molecular complexity index is 2370. The van der Waals surface area contributed by atoms with Crippen LogP contribution in [0.25, 0.3) is 0 Å². The molecule has 16 N–H and O–H groups in total. The fourth-order valence-electron chi connectivity index (χ4n) is 10.7. The number of hydrogen-bond donors (Lipinski definition) is 16. The van der Waals surface area contributed by atoms with E-state index in [-0.39, 0.29) is 64.2 Å². The van der Waals surface area contributed by atoms with Gasteiger partial charge in [-0.2, -0.15) is 0 Å². The average Bonchev–Trinajstić information content (AvgIpc) is 1.28. The van der Waals surface area contributed by atoms with Crippen molar-refractivity contribution >= 4 is 26.2 Å². The molecule has 4 rings (SSSR count). The molecule has 0 spiro atoms. The maximum absolute atomic E-state index is 13.7. The molecule has 0 aliphatic carbocycles. The van der Waals surface area contributed by atoms with Crippen molar-refractivity contribution in [1.82, 2.24) is 16.0 Å². The highest BCUT2D eigenvalue weighted by Gasteiger charge is 2.51. The first kappa shape index (κ1) is 79.1. The normalized spacial score (nSPS) is 41.0. The van der Waals surface area contributed by atoms with Gasteiger partial charge in [-0.1, -0.05) is 119 Å². The molecule has 0 aromatic carbocycles. The number of rotatable bonds is 14. The highest BCUT2D eigenvalue weighted by molar-refractivity contribution is 6.76. The molecular weight excluding hydrogens is 1210 g/mol. The summed E-state index contributed by atoms with van der Waals surface area (Å²) in [5.41, 5.74) is 0. The number of cyclic esters (lactones) is 1. The second-order valence-electron chi connectivity index (χ2n) is 25.3. The minimum atomic E-state index is -1.86. The number of allylic oxidation sites excluding steroid dienone is 12. The van der Waals surface area contributed by atoms with Gasteiger partial charge in [0.15, 0.2) is 18.4 Å². The number of alkyl carbamates (subject to hydrolysis) is 1. The zero-order valence-electron chi connectivity index (χ0n) is 53.6. The van der Waals surface area contributed by atoms with Crippen molar-refractivity contribution < 1.29 is 119 Å². The minimum absolute atomic E-state index is 0.0540. The first-order valence-corrected chi connectivity index (χ1v) is 35.1. The molecule has 27 nitrogen and oxygen atoms in total. The van der Waals surface area contributed by atoms with E-state index in [2.05, 4.69) is 35.6 Å². The highest BCUT2D eigenvalue weighted by Crippen LogP contribution is 2.38. The number of fused-ring (bicyclic) bond motifs is 2. The number of amides is 3. The molecule has 520 valence electrons. The number of urea groups is 1. The number of aliphatic hydroxyl groups is 13. The quantitative estimate of drug-likeness (QED) is 0.0645. The van der Waals surface area contributed by atoms with E-state index in [0.29, 0.717) is 6.04 Å². The van der Waals surface area contributed by atoms with Crippen LogP contribution >= 0.6 is 0 Å². The largest absolute Gasteiger partial charge is 0.462 e. The molecule has 24 atom stereocenters. The molecule has 3 amide bonds. The lowest BCUT2D eigenvalue weighted by Gasteiger charge is -2.48. The number of ether oxygens (including phenoxy) is 8. The lowest BCUT2D eigenvalue weighted by Crippen LogP contribution is -2.65. The predicted octanol–water partition coefficient (Wildman–Crippen LogP) is 0.645. The van der Waals surface area contributed by atoms with E-state index in [0.717, 1.165) is 0 Å². The SMILES string of the molecule is CO[C@]12C[C@@H](O)C[C@@H](O)[C@H](O)CC[C@@H](O)C[C@@H](O)CC(=O)O[C@@H](C)[C@H](C)[C@H](O)[C@@H](C)/C=C/C=C/C=C/C=C/C=C/C=C/C=C/[C@H](O[C@@H]3O[C@H](C)[C@@H](O)[C@H](NC(=O)OCC[Si](C)(C)C)[C@@H]3O)C[C@H](O1)[C@H](NC(=O)NCCCO[C@H]1O[C@H](CO)[C@@H](O)[C@H](O)[C@@H]1O)[C@@H](O)C2. The average molecular weight is 1320 g/mol. The molecular formula is C63H105N3O24Si. The first-order chi connectivity index (χ1) is 43.0. The predicted molar refractivity (Wildman–Crippen MR) is 334 cm³/mol. The maximum Gasteiger partial charge on any atom is 0.407 e. The third-order valence-electron chi connectivity index (χ3n) is 16.4. The third kappa shape index (κ3) is 27.1. The number of carbonyl (C=O) groups is 3. The molecule has 0 aromatic heterocycles. The Balaban J connectivity index is 1.66. The monoisotopic (exact) mass is 1320 g/mol. The van der Waals surface area contributed by atoms with Crippen LogP contribution in [0.1, 0.15) is 85.5 Å². The number of nitrogens with one attached hydrogen (secondary N) is 3. The summed E-state index contributed by atoms with van der Waals surface area (Å²) in [7, 11) is -0.354. The summed E-state index contributed by atoms with van der Waals surface area (Å²) in [6, 6.07) is -2.78. The van der Waals surface area contributed by atoms with E-state index in [1.54, 1.807) is 92.8 Å². The molecule has 91 heavy (non-hydrogen) atoms. The van der Waals surface area contributed by atoms with Crippen LogP contribution in [0.15, 0.2) is 85.1 Å². The lowest BCUT2D eigenvalue weighted by molar-refractivity contribution is -0.311. The second kappa shape index (κ2) is 39.5. The smallest absolute Gasteiger partial charge is 0.407 e. The maximum atomic E-state index is 13.7. The molecule has 2 bridgehead atoms. The van der Waals surface area contributed by atoms with Crippen LogP contribution in [-0.4, -0.2) is 260 Å². The van der Waals surface area contributed by atoms with Gasteiger partial charge in [-0.15, -0.1) is 0 Å². The summed E-state index contributed by atoms with van der Waals surface area (Å²) in [6.45, 7) is 12.3. The van der Waals surface area contributed by atoms with Crippen LogP contribution in [-0.2, 0) is 42.7 Å². The van der Waals surface area contributed by atoms with Gasteiger partial charge in [-0.3, -0.25) is 4.79 Å².